The van der Waals surface area contributed by atoms with Crippen LogP contribution in [0.4, 0.5) is 5.69 Å². The lowest BCUT2D eigenvalue weighted by molar-refractivity contribution is -0.117. The number of carbonyl (C=O) groups is 1. The summed E-state index contributed by atoms with van der Waals surface area (Å²) in [5, 5.41) is 1.33. The van der Waals surface area contributed by atoms with E-state index in [0.717, 1.165) is 26.2 Å². The van der Waals surface area contributed by atoms with Gasteiger partial charge in [0.1, 0.15) is 6.54 Å². The van der Waals surface area contributed by atoms with Crippen LogP contribution < -0.4 is 4.90 Å². The highest BCUT2D eigenvalue weighted by atomic mass is 16.1. The van der Waals surface area contributed by atoms with Crippen molar-refractivity contribution in [3.05, 3.63) is 30.5 Å². The molecule has 0 N–H and O–H groups in total. The van der Waals surface area contributed by atoms with E-state index in [-0.39, 0.29) is 5.91 Å². The fourth-order valence-electron chi connectivity index (χ4n) is 3.59. The first-order valence-electron chi connectivity index (χ1n) is 8.45. The third kappa shape index (κ3) is 2.83. The van der Waals surface area contributed by atoms with E-state index in [0.29, 0.717) is 6.54 Å². The molecule has 2 aliphatic rings. The quantitative estimate of drug-likeness (QED) is 0.871. The summed E-state index contributed by atoms with van der Waals surface area (Å²) in [6.07, 6.45) is 7.75. The second-order valence-electron chi connectivity index (χ2n) is 6.38. The summed E-state index contributed by atoms with van der Waals surface area (Å²) < 4.78 is 2.28. The standard InChI is InChI=1S/C18H22N4O/c23-18-13-20(14-19-18)11-12-22-10-7-15-16(5-4-6-17(15)22)21-8-2-1-3-9-21/h4-7,10,14H,1-3,8-9,11-13H2. The van der Waals surface area contributed by atoms with Gasteiger partial charge in [0.25, 0.3) is 5.91 Å². The first-order valence-corrected chi connectivity index (χ1v) is 8.45. The van der Waals surface area contributed by atoms with Crippen LogP contribution in [0.15, 0.2) is 35.5 Å². The van der Waals surface area contributed by atoms with E-state index in [2.05, 4.69) is 44.9 Å². The summed E-state index contributed by atoms with van der Waals surface area (Å²) >= 11 is 0. The van der Waals surface area contributed by atoms with E-state index in [1.807, 2.05) is 4.90 Å². The third-order valence-corrected chi connectivity index (χ3v) is 4.82. The predicted molar refractivity (Wildman–Crippen MR) is 93.1 cm³/mol. The third-order valence-electron chi connectivity index (χ3n) is 4.82. The van der Waals surface area contributed by atoms with Gasteiger partial charge in [-0.05, 0) is 37.5 Å². The summed E-state index contributed by atoms with van der Waals surface area (Å²) in [5.41, 5.74) is 2.63. The van der Waals surface area contributed by atoms with Gasteiger partial charge in [-0.1, -0.05) is 6.07 Å². The number of amides is 1. The largest absolute Gasteiger partial charge is 0.371 e. The monoisotopic (exact) mass is 310 g/mol. The van der Waals surface area contributed by atoms with Gasteiger partial charge in [0.05, 0.1) is 11.9 Å². The topological polar surface area (TPSA) is 40.8 Å². The van der Waals surface area contributed by atoms with E-state index >= 15 is 0 Å². The maximum Gasteiger partial charge on any atom is 0.266 e. The van der Waals surface area contributed by atoms with Gasteiger partial charge in [0.2, 0.25) is 0 Å². The zero-order chi connectivity index (χ0) is 15.6. The first kappa shape index (κ1) is 14.3. The van der Waals surface area contributed by atoms with Gasteiger partial charge in [-0.15, -0.1) is 0 Å². The highest BCUT2D eigenvalue weighted by Crippen LogP contribution is 2.29. The SMILES string of the molecule is O=C1CN(CCn2ccc3c(N4CCCCC4)cccc32)C=N1. The Morgan fingerprint density at radius 3 is 2.70 bits per heavy atom. The van der Waals surface area contributed by atoms with Crippen LogP contribution in [0.2, 0.25) is 0 Å². The molecule has 1 saturated heterocycles. The Balaban J connectivity index is 1.54. The van der Waals surface area contributed by atoms with Crippen LogP contribution in [0, 0.1) is 0 Å². The van der Waals surface area contributed by atoms with E-state index in [9.17, 15) is 4.79 Å². The van der Waals surface area contributed by atoms with Crippen molar-refractivity contribution in [2.45, 2.75) is 25.8 Å². The first-order chi connectivity index (χ1) is 11.3. The Kier molecular flexibility index (Phi) is 3.77. The lowest BCUT2D eigenvalue weighted by Gasteiger charge is -2.29. The minimum absolute atomic E-state index is 0.0465. The van der Waals surface area contributed by atoms with Gasteiger partial charge in [-0.3, -0.25) is 4.79 Å². The zero-order valence-electron chi connectivity index (χ0n) is 13.3. The zero-order valence-corrected chi connectivity index (χ0v) is 13.3. The molecule has 1 aromatic carbocycles. The summed E-state index contributed by atoms with van der Waals surface area (Å²) in [5.74, 6) is -0.0465. The van der Waals surface area contributed by atoms with Crippen molar-refractivity contribution in [3.63, 3.8) is 0 Å². The van der Waals surface area contributed by atoms with Crippen LogP contribution in [0.25, 0.3) is 10.9 Å². The van der Waals surface area contributed by atoms with Gasteiger partial charge in [0, 0.05) is 43.4 Å². The second kappa shape index (κ2) is 6.07. The molecule has 2 aliphatic heterocycles. The second-order valence-corrected chi connectivity index (χ2v) is 6.38. The Morgan fingerprint density at radius 2 is 1.91 bits per heavy atom. The molecule has 5 nitrogen and oxygen atoms in total. The minimum Gasteiger partial charge on any atom is -0.371 e. The Morgan fingerprint density at radius 1 is 1.04 bits per heavy atom. The average Bonchev–Trinajstić information content (AvgIpc) is 3.19. The maximum absolute atomic E-state index is 11.2. The van der Waals surface area contributed by atoms with Gasteiger partial charge in [-0.2, -0.15) is 0 Å². The molecular weight excluding hydrogens is 288 g/mol. The number of rotatable bonds is 4. The van der Waals surface area contributed by atoms with Crippen molar-refractivity contribution in [1.29, 1.82) is 0 Å². The summed E-state index contributed by atoms with van der Waals surface area (Å²) in [6, 6.07) is 8.81. The fourth-order valence-corrected chi connectivity index (χ4v) is 3.59. The number of carbonyl (C=O) groups excluding carboxylic acids is 1. The molecule has 3 heterocycles. The molecule has 23 heavy (non-hydrogen) atoms. The van der Waals surface area contributed by atoms with Gasteiger partial charge in [0.15, 0.2) is 0 Å². The van der Waals surface area contributed by atoms with Crippen LogP contribution in [0.5, 0.6) is 0 Å². The number of aliphatic imine (C=N–C) groups is 1. The molecule has 0 saturated carbocycles. The van der Waals surface area contributed by atoms with Crippen LogP contribution >= 0.6 is 0 Å². The van der Waals surface area contributed by atoms with Crippen molar-refractivity contribution >= 4 is 28.8 Å². The van der Waals surface area contributed by atoms with E-state index in [1.54, 1.807) is 6.34 Å². The molecule has 0 radical (unpaired) electrons. The van der Waals surface area contributed by atoms with Crippen molar-refractivity contribution < 1.29 is 4.79 Å². The highest BCUT2D eigenvalue weighted by Gasteiger charge is 2.16. The van der Waals surface area contributed by atoms with Crippen LogP contribution in [-0.4, -0.2) is 47.9 Å². The van der Waals surface area contributed by atoms with E-state index in [1.165, 1.54) is 35.9 Å². The number of piperidine rings is 1. The van der Waals surface area contributed by atoms with Crippen LogP contribution in [0.1, 0.15) is 19.3 Å². The minimum atomic E-state index is -0.0465. The molecule has 1 aromatic heterocycles. The number of benzene rings is 1. The number of hydrogen-bond donors (Lipinski definition) is 0. The Bertz CT molecular complexity index is 743. The number of fused-ring (bicyclic) bond motifs is 1. The molecule has 0 atom stereocenters. The molecule has 2 aromatic rings. The molecule has 0 unspecified atom stereocenters. The number of hydrogen-bond acceptors (Lipinski definition) is 3. The molecule has 1 amide bonds. The van der Waals surface area contributed by atoms with Gasteiger partial charge >= 0.3 is 0 Å². The molecule has 0 bridgehead atoms. The van der Waals surface area contributed by atoms with Gasteiger partial charge in [-0.25, -0.2) is 4.99 Å². The number of aromatic nitrogens is 1. The maximum atomic E-state index is 11.2. The average molecular weight is 310 g/mol. The number of anilines is 1. The predicted octanol–water partition coefficient (Wildman–Crippen LogP) is 2.50. The van der Waals surface area contributed by atoms with E-state index < -0.39 is 0 Å². The van der Waals surface area contributed by atoms with Crippen molar-refractivity contribution in [1.82, 2.24) is 9.47 Å². The van der Waals surface area contributed by atoms with Gasteiger partial charge < -0.3 is 14.4 Å². The lowest BCUT2D eigenvalue weighted by atomic mass is 10.1. The van der Waals surface area contributed by atoms with Crippen molar-refractivity contribution in [2.75, 3.05) is 31.1 Å². The smallest absolute Gasteiger partial charge is 0.266 e. The molecule has 120 valence electrons. The summed E-state index contributed by atoms with van der Waals surface area (Å²) in [7, 11) is 0. The van der Waals surface area contributed by atoms with Crippen LogP contribution in [-0.2, 0) is 11.3 Å². The molecule has 1 fully saturated rings. The number of nitrogens with zero attached hydrogens (tertiary/aromatic N) is 4. The summed E-state index contributed by atoms with van der Waals surface area (Å²) in [6.45, 7) is 4.42. The fraction of sp³-hybridized carbons (Fsp3) is 0.444. The van der Waals surface area contributed by atoms with Crippen molar-refractivity contribution in [2.24, 2.45) is 4.99 Å². The molecular formula is C18H22N4O. The Labute approximate surface area is 136 Å². The molecule has 4 rings (SSSR count). The lowest BCUT2D eigenvalue weighted by Crippen LogP contribution is -2.29. The Hall–Kier alpha value is -2.30. The summed E-state index contributed by atoms with van der Waals surface area (Å²) in [4.78, 5) is 19.5. The molecule has 0 aliphatic carbocycles. The van der Waals surface area contributed by atoms with Crippen LogP contribution in [0.3, 0.4) is 0 Å². The van der Waals surface area contributed by atoms with Crippen molar-refractivity contribution in [3.8, 4) is 0 Å². The normalized spacial score (nSPS) is 18.3. The molecule has 0 spiro atoms. The highest BCUT2D eigenvalue weighted by molar-refractivity contribution is 5.93. The van der Waals surface area contributed by atoms with E-state index in [4.69, 9.17) is 0 Å². The molecule has 5 heteroatoms.